The van der Waals surface area contributed by atoms with Crippen molar-refractivity contribution in [3.63, 3.8) is 0 Å². The van der Waals surface area contributed by atoms with Crippen molar-refractivity contribution in [2.24, 2.45) is 0 Å². The first-order valence-corrected chi connectivity index (χ1v) is 12.0. The van der Waals surface area contributed by atoms with Crippen LogP contribution in [0.3, 0.4) is 0 Å². The average Bonchev–Trinajstić information content (AvgIpc) is 3.42. The monoisotopic (exact) mass is 444 g/mol. The summed E-state index contributed by atoms with van der Waals surface area (Å²) in [7, 11) is 0. The standard InChI is InChI=1S/C30H21NOS/c1-17(2)18-14-15-31-26(16-18)25-8-5-7-20-21-10-13-24-22(28(21)32-29(20)25)11-12-23-19-6-3-4-9-27(19)33-30(23)24/h3-17H,1-2H3/i17D. The Balaban J connectivity index is 1.53. The molecule has 2 nitrogen and oxygen atoms in total. The molecule has 3 heteroatoms. The molecule has 0 radical (unpaired) electrons. The summed E-state index contributed by atoms with van der Waals surface area (Å²) in [6, 6.07) is 27.6. The quantitative estimate of drug-likeness (QED) is 0.265. The zero-order valence-corrected chi connectivity index (χ0v) is 19.2. The van der Waals surface area contributed by atoms with Gasteiger partial charge in [0, 0.05) is 54.8 Å². The van der Waals surface area contributed by atoms with Crippen LogP contribution in [0, 0.1) is 0 Å². The number of furan rings is 1. The van der Waals surface area contributed by atoms with Gasteiger partial charge in [-0.1, -0.05) is 56.3 Å². The molecule has 0 atom stereocenters. The summed E-state index contributed by atoms with van der Waals surface area (Å²) < 4.78 is 17.7. The number of hydrogen-bond donors (Lipinski definition) is 0. The highest BCUT2D eigenvalue weighted by atomic mass is 32.1. The Bertz CT molecular complexity index is 1900. The normalized spacial score (nSPS) is 13.0. The highest BCUT2D eigenvalue weighted by molar-refractivity contribution is 7.26. The van der Waals surface area contributed by atoms with E-state index in [1.807, 2.05) is 37.3 Å². The van der Waals surface area contributed by atoms with Crippen molar-refractivity contribution in [1.82, 2.24) is 4.98 Å². The second kappa shape index (κ2) is 6.90. The molecule has 3 aromatic heterocycles. The van der Waals surface area contributed by atoms with E-state index in [9.17, 15) is 0 Å². The van der Waals surface area contributed by atoms with Gasteiger partial charge in [-0.15, -0.1) is 11.3 Å². The lowest BCUT2D eigenvalue weighted by atomic mass is 10.00. The summed E-state index contributed by atoms with van der Waals surface area (Å²) in [6.07, 6.45) is 1.79. The zero-order chi connectivity index (χ0) is 23.0. The molecule has 0 aliphatic rings. The maximum Gasteiger partial charge on any atom is 0.144 e. The predicted octanol–water partition coefficient (Wildman–Crippen LogP) is 9.29. The van der Waals surface area contributed by atoms with E-state index in [-0.39, 0.29) is 0 Å². The largest absolute Gasteiger partial charge is 0.455 e. The molecule has 0 unspecified atom stereocenters. The summed E-state index contributed by atoms with van der Waals surface area (Å²) in [5, 5.41) is 7.16. The molecule has 0 spiro atoms. The summed E-state index contributed by atoms with van der Waals surface area (Å²) in [6.45, 7) is 3.80. The van der Waals surface area contributed by atoms with E-state index in [1.54, 1.807) is 6.20 Å². The first-order chi connectivity index (χ1) is 16.5. The number of pyridine rings is 1. The molecule has 0 aliphatic carbocycles. The van der Waals surface area contributed by atoms with Crippen molar-refractivity contribution in [3.8, 4) is 11.3 Å². The Morgan fingerprint density at radius 3 is 2.30 bits per heavy atom. The number of benzene rings is 4. The minimum Gasteiger partial charge on any atom is -0.455 e. The minimum absolute atomic E-state index is 0.689. The number of nitrogens with zero attached hydrogens (tertiary/aromatic N) is 1. The fourth-order valence-electron chi connectivity index (χ4n) is 4.93. The first kappa shape index (κ1) is 17.8. The van der Waals surface area contributed by atoms with E-state index >= 15 is 0 Å². The molecule has 0 fully saturated rings. The lowest BCUT2D eigenvalue weighted by Gasteiger charge is -2.07. The molecule has 0 saturated carbocycles. The topological polar surface area (TPSA) is 26.0 Å². The predicted molar refractivity (Wildman–Crippen MR) is 141 cm³/mol. The van der Waals surface area contributed by atoms with Crippen molar-refractivity contribution in [2.75, 3.05) is 0 Å². The van der Waals surface area contributed by atoms with Crippen molar-refractivity contribution >= 4 is 64.2 Å². The first-order valence-electron chi connectivity index (χ1n) is 11.6. The summed E-state index contributed by atoms with van der Waals surface area (Å²) in [5.41, 5.74) is 4.47. The molecule has 0 amide bonds. The minimum atomic E-state index is -0.689. The Kier molecular flexibility index (Phi) is 3.73. The molecule has 3 heterocycles. The van der Waals surface area contributed by atoms with Crippen molar-refractivity contribution in [3.05, 3.63) is 90.6 Å². The van der Waals surface area contributed by atoms with Gasteiger partial charge in [0.1, 0.15) is 11.2 Å². The highest BCUT2D eigenvalue weighted by Crippen LogP contribution is 2.43. The third kappa shape index (κ3) is 2.69. The van der Waals surface area contributed by atoms with Crippen LogP contribution >= 0.6 is 11.3 Å². The van der Waals surface area contributed by atoms with Gasteiger partial charge >= 0.3 is 0 Å². The van der Waals surface area contributed by atoms with E-state index in [2.05, 4.69) is 71.7 Å². The molecule has 0 N–H and O–H groups in total. The molecule has 7 aromatic rings. The second-order valence-electron chi connectivity index (χ2n) is 8.79. The number of rotatable bonds is 2. The Morgan fingerprint density at radius 1 is 0.758 bits per heavy atom. The number of fused-ring (bicyclic) bond motifs is 9. The molecule has 4 aromatic carbocycles. The average molecular weight is 445 g/mol. The van der Waals surface area contributed by atoms with E-state index in [1.165, 1.54) is 25.6 Å². The van der Waals surface area contributed by atoms with Crippen LogP contribution in [-0.2, 0) is 0 Å². The van der Waals surface area contributed by atoms with Gasteiger partial charge in [0.15, 0.2) is 0 Å². The van der Waals surface area contributed by atoms with Crippen LogP contribution < -0.4 is 0 Å². The van der Waals surface area contributed by atoms with Crippen molar-refractivity contribution in [2.45, 2.75) is 19.7 Å². The molecule has 0 saturated heterocycles. The SMILES string of the molecule is [2H]C(C)(C)c1ccnc(-c2cccc3c2oc2c3ccc3c2ccc2c4ccccc4sc23)c1. The highest BCUT2D eigenvalue weighted by Gasteiger charge is 2.17. The van der Waals surface area contributed by atoms with Gasteiger partial charge in [-0.3, -0.25) is 4.98 Å². The second-order valence-corrected chi connectivity index (χ2v) is 9.84. The summed E-state index contributed by atoms with van der Waals surface area (Å²) in [5.74, 6) is -0.689. The molecular formula is C30H21NOS. The molecule has 7 rings (SSSR count). The number of aromatic nitrogens is 1. The van der Waals surface area contributed by atoms with Gasteiger partial charge in [-0.25, -0.2) is 0 Å². The van der Waals surface area contributed by atoms with E-state index in [4.69, 9.17) is 5.79 Å². The molecule has 0 aliphatic heterocycles. The fourth-order valence-corrected chi connectivity index (χ4v) is 6.16. The van der Waals surface area contributed by atoms with Gasteiger partial charge in [0.2, 0.25) is 0 Å². The molecule has 158 valence electrons. The third-order valence-corrected chi connectivity index (χ3v) is 7.83. The van der Waals surface area contributed by atoms with E-state index < -0.39 is 5.89 Å². The van der Waals surface area contributed by atoms with Crippen LogP contribution in [0.2, 0.25) is 0 Å². The van der Waals surface area contributed by atoms with Crippen LogP contribution in [-0.4, -0.2) is 4.98 Å². The van der Waals surface area contributed by atoms with Gasteiger partial charge in [0.05, 0.1) is 5.69 Å². The molecule has 0 bridgehead atoms. The van der Waals surface area contributed by atoms with Crippen LogP contribution in [0.5, 0.6) is 0 Å². The van der Waals surface area contributed by atoms with Gasteiger partial charge in [-0.05, 0) is 47.9 Å². The maximum absolute atomic E-state index is 8.43. The number of thiophene rings is 1. The van der Waals surface area contributed by atoms with Gasteiger partial charge in [-0.2, -0.15) is 0 Å². The summed E-state index contributed by atoms with van der Waals surface area (Å²) in [4.78, 5) is 4.63. The van der Waals surface area contributed by atoms with Crippen LogP contribution in [0.1, 0.15) is 26.7 Å². The van der Waals surface area contributed by atoms with Crippen molar-refractivity contribution in [1.29, 1.82) is 0 Å². The number of hydrogen-bond acceptors (Lipinski definition) is 3. The number of para-hydroxylation sites is 1. The molecular weight excluding hydrogens is 422 g/mol. The third-order valence-electron chi connectivity index (χ3n) is 6.61. The molecule has 33 heavy (non-hydrogen) atoms. The smallest absolute Gasteiger partial charge is 0.144 e. The lowest BCUT2D eigenvalue weighted by molar-refractivity contribution is 0.673. The van der Waals surface area contributed by atoms with Crippen LogP contribution in [0.25, 0.3) is 64.1 Å². The summed E-state index contributed by atoms with van der Waals surface area (Å²) >= 11 is 1.84. The Hall–Kier alpha value is -3.69. The lowest BCUT2D eigenvalue weighted by Crippen LogP contribution is -1.90. The van der Waals surface area contributed by atoms with Crippen LogP contribution in [0.15, 0.2) is 89.5 Å². The van der Waals surface area contributed by atoms with Crippen LogP contribution in [0.4, 0.5) is 0 Å². The van der Waals surface area contributed by atoms with E-state index in [0.29, 0.717) is 0 Å². The Morgan fingerprint density at radius 2 is 1.45 bits per heavy atom. The fraction of sp³-hybridized carbons (Fsp3) is 0.100. The van der Waals surface area contributed by atoms with E-state index in [0.717, 1.165) is 44.1 Å². The van der Waals surface area contributed by atoms with Gasteiger partial charge < -0.3 is 4.42 Å². The zero-order valence-electron chi connectivity index (χ0n) is 19.3. The maximum atomic E-state index is 8.43. The van der Waals surface area contributed by atoms with Gasteiger partial charge in [0.25, 0.3) is 0 Å². The Labute approximate surface area is 196 Å². The van der Waals surface area contributed by atoms with Crippen molar-refractivity contribution < 1.29 is 5.79 Å².